The van der Waals surface area contributed by atoms with E-state index < -0.39 is 5.91 Å². The number of benzene rings is 3. The zero-order valence-corrected chi connectivity index (χ0v) is 19.9. The fraction of sp³-hybridized carbons (Fsp3) is 0.111. The molecule has 0 aliphatic rings. The molecule has 33 heavy (non-hydrogen) atoms. The molecule has 164 valence electrons. The molecule has 4 aromatic rings. The number of carbonyl (C=O) groups excluding carboxylic acids is 1. The Labute approximate surface area is 201 Å². The lowest BCUT2D eigenvalue weighted by Crippen LogP contribution is -2.25. The van der Waals surface area contributed by atoms with Crippen molar-refractivity contribution in [1.29, 1.82) is 5.26 Å². The van der Waals surface area contributed by atoms with E-state index in [2.05, 4.69) is 45.6 Å². The number of aryl methyl sites for hydroxylation is 2. The van der Waals surface area contributed by atoms with Gasteiger partial charge < -0.3 is 4.74 Å². The molecule has 3 aromatic carbocycles. The first-order chi connectivity index (χ1) is 16.0. The fourth-order valence-electron chi connectivity index (χ4n) is 3.62. The van der Waals surface area contributed by atoms with Crippen LogP contribution in [0, 0.1) is 25.2 Å². The van der Waals surface area contributed by atoms with E-state index in [4.69, 9.17) is 4.74 Å². The Morgan fingerprint density at radius 1 is 1.06 bits per heavy atom. The minimum atomic E-state index is -0.465. The Morgan fingerprint density at radius 3 is 2.52 bits per heavy atom. The molecule has 0 spiro atoms. The summed E-state index contributed by atoms with van der Waals surface area (Å²) in [6, 6.07) is 25.6. The first kappa shape index (κ1) is 22.4. The number of nitrogens with one attached hydrogen (secondary N) is 1. The summed E-state index contributed by atoms with van der Waals surface area (Å²) in [6.45, 7) is 4.20. The van der Waals surface area contributed by atoms with E-state index in [1.165, 1.54) is 5.39 Å². The maximum atomic E-state index is 12.6. The second-order valence-corrected chi connectivity index (χ2v) is 8.53. The molecule has 1 aromatic heterocycles. The van der Waals surface area contributed by atoms with Crippen LogP contribution in [0.25, 0.3) is 16.8 Å². The molecule has 0 aliphatic carbocycles. The molecule has 0 unspecified atom stereocenters. The molecule has 0 saturated heterocycles. The van der Waals surface area contributed by atoms with Crippen LogP contribution in [0.1, 0.15) is 22.5 Å². The average Bonchev–Trinajstić information content (AvgIpc) is 3.14. The molecule has 0 atom stereocenters. The number of nitrogens with zero attached hydrogens (tertiary/aromatic N) is 2. The Hall–Kier alpha value is -3.82. The van der Waals surface area contributed by atoms with Gasteiger partial charge in [0.1, 0.15) is 24.0 Å². The van der Waals surface area contributed by atoms with Gasteiger partial charge in [-0.25, -0.2) is 0 Å². The monoisotopic (exact) mass is 499 g/mol. The molecule has 0 radical (unpaired) electrons. The number of hydrogen-bond acceptors (Lipinski definition) is 3. The predicted octanol–water partition coefficient (Wildman–Crippen LogP) is 6.28. The molecule has 0 bridgehead atoms. The van der Waals surface area contributed by atoms with Crippen molar-refractivity contribution in [2.75, 3.05) is 5.43 Å². The van der Waals surface area contributed by atoms with Gasteiger partial charge in [0.15, 0.2) is 0 Å². The van der Waals surface area contributed by atoms with Crippen LogP contribution in [0.2, 0.25) is 0 Å². The van der Waals surface area contributed by atoms with Crippen LogP contribution in [0.5, 0.6) is 5.75 Å². The minimum absolute atomic E-state index is 0.0128. The van der Waals surface area contributed by atoms with Crippen LogP contribution in [0.3, 0.4) is 0 Å². The SMILES string of the molecule is Cc1ccc(C)n1NC(=O)/C(C#N)=C\c1ccc(OCc2cccc3ccccc23)c(Br)c1. The Kier molecular flexibility index (Phi) is 6.62. The number of halogens is 1. The number of amides is 1. The van der Waals surface area contributed by atoms with Gasteiger partial charge in [-0.1, -0.05) is 48.5 Å². The highest BCUT2D eigenvalue weighted by Gasteiger charge is 2.12. The van der Waals surface area contributed by atoms with Crippen LogP contribution >= 0.6 is 15.9 Å². The van der Waals surface area contributed by atoms with E-state index >= 15 is 0 Å². The van der Waals surface area contributed by atoms with Gasteiger partial charge in [-0.15, -0.1) is 0 Å². The summed E-state index contributed by atoms with van der Waals surface area (Å²) in [6.07, 6.45) is 1.56. The van der Waals surface area contributed by atoms with Gasteiger partial charge in [-0.3, -0.25) is 14.9 Å². The molecule has 0 aliphatic heterocycles. The van der Waals surface area contributed by atoms with E-state index in [0.29, 0.717) is 17.9 Å². The topological polar surface area (TPSA) is 67.0 Å². The van der Waals surface area contributed by atoms with E-state index in [0.717, 1.165) is 26.8 Å². The lowest BCUT2D eigenvalue weighted by Gasteiger charge is -2.12. The predicted molar refractivity (Wildman–Crippen MR) is 134 cm³/mol. The summed E-state index contributed by atoms with van der Waals surface area (Å²) in [4.78, 5) is 12.6. The van der Waals surface area contributed by atoms with Gasteiger partial charge in [0, 0.05) is 11.4 Å². The summed E-state index contributed by atoms with van der Waals surface area (Å²) < 4.78 is 8.45. The third kappa shape index (κ3) is 5.00. The zero-order chi connectivity index (χ0) is 23.4. The van der Waals surface area contributed by atoms with Crippen molar-refractivity contribution < 1.29 is 9.53 Å². The number of fused-ring (bicyclic) bond motifs is 1. The van der Waals surface area contributed by atoms with Crippen molar-refractivity contribution in [3.05, 3.63) is 105 Å². The first-order valence-electron chi connectivity index (χ1n) is 10.4. The first-order valence-corrected chi connectivity index (χ1v) is 11.2. The number of hydrogen-bond donors (Lipinski definition) is 1. The van der Waals surface area contributed by atoms with Gasteiger partial charge in [0.2, 0.25) is 0 Å². The highest BCUT2D eigenvalue weighted by molar-refractivity contribution is 9.10. The van der Waals surface area contributed by atoms with Crippen molar-refractivity contribution in [2.45, 2.75) is 20.5 Å². The van der Waals surface area contributed by atoms with E-state index in [9.17, 15) is 10.1 Å². The molecule has 0 saturated carbocycles. The van der Waals surface area contributed by atoms with E-state index in [1.54, 1.807) is 10.8 Å². The highest BCUT2D eigenvalue weighted by Crippen LogP contribution is 2.29. The van der Waals surface area contributed by atoms with Crippen molar-refractivity contribution in [1.82, 2.24) is 4.68 Å². The maximum Gasteiger partial charge on any atom is 0.280 e. The maximum absolute atomic E-state index is 12.6. The second kappa shape index (κ2) is 9.76. The fourth-order valence-corrected chi connectivity index (χ4v) is 4.13. The number of rotatable bonds is 6. The van der Waals surface area contributed by atoms with Crippen LogP contribution in [0.4, 0.5) is 0 Å². The lowest BCUT2D eigenvalue weighted by atomic mass is 10.1. The molecule has 1 heterocycles. The second-order valence-electron chi connectivity index (χ2n) is 7.68. The molecule has 1 N–H and O–H groups in total. The highest BCUT2D eigenvalue weighted by atomic mass is 79.9. The number of ether oxygens (including phenoxy) is 1. The standard InChI is InChI=1S/C27H22BrN3O2/c1-18-10-11-19(2)31(18)30-27(32)23(16-29)14-20-12-13-26(25(28)15-20)33-17-22-8-5-7-21-6-3-4-9-24(21)22/h3-15H,17H2,1-2H3,(H,30,32)/b23-14-. The number of carbonyl (C=O) groups is 1. The van der Waals surface area contributed by atoms with Gasteiger partial charge in [0.05, 0.1) is 4.47 Å². The van der Waals surface area contributed by atoms with Gasteiger partial charge in [-0.2, -0.15) is 5.26 Å². The average molecular weight is 500 g/mol. The Morgan fingerprint density at radius 2 is 1.79 bits per heavy atom. The van der Waals surface area contributed by atoms with Crippen LogP contribution < -0.4 is 10.2 Å². The van der Waals surface area contributed by atoms with Crippen molar-refractivity contribution in [2.24, 2.45) is 0 Å². The summed E-state index contributed by atoms with van der Waals surface area (Å²) in [5.74, 6) is 0.217. The van der Waals surface area contributed by atoms with Gasteiger partial charge >= 0.3 is 0 Å². The summed E-state index contributed by atoms with van der Waals surface area (Å²) in [5, 5.41) is 11.9. The van der Waals surface area contributed by atoms with Crippen LogP contribution in [0.15, 0.2) is 82.8 Å². The van der Waals surface area contributed by atoms with E-state index in [1.807, 2.05) is 68.4 Å². The molecule has 5 nitrogen and oxygen atoms in total. The van der Waals surface area contributed by atoms with Crippen molar-refractivity contribution in [3.63, 3.8) is 0 Å². The summed E-state index contributed by atoms with van der Waals surface area (Å²) in [5.41, 5.74) is 6.35. The minimum Gasteiger partial charge on any atom is -0.488 e. The van der Waals surface area contributed by atoms with Crippen molar-refractivity contribution >= 4 is 38.7 Å². The van der Waals surface area contributed by atoms with Crippen LogP contribution in [-0.4, -0.2) is 10.6 Å². The molecule has 4 rings (SSSR count). The van der Waals surface area contributed by atoms with Crippen LogP contribution in [-0.2, 0) is 11.4 Å². The van der Waals surface area contributed by atoms with Gasteiger partial charge in [-0.05, 0) is 82.0 Å². The lowest BCUT2D eigenvalue weighted by molar-refractivity contribution is -0.113. The Balaban J connectivity index is 1.50. The van der Waals surface area contributed by atoms with E-state index in [-0.39, 0.29) is 5.57 Å². The molecular formula is C27H22BrN3O2. The normalized spacial score (nSPS) is 11.3. The Bertz CT molecular complexity index is 1390. The smallest absolute Gasteiger partial charge is 0.280 e. The third-order valence-corrected chi connectivity index (χ3v) is 6.00. The molecular weight excluding hydrogens is 478 g/mol. The summed E-state index contributed by atoms with van der Waals surface area (Å²) >= 11 is 3.55. The molecule has 6 heteroatoms. The third-order valence-electron chi connectivity index (χ3n) is 5.38. The summed E-state index contributed by atoms with van der Waals surface area (Å²) in [7, 11) is 0. The zero-order valence-electron chi connectivity index (χ0n) is 18.3. The largest absolute Gasteiger partial charge is 0.488 e. The quantitative estimate of drug-likeness (QED) is 0.250. The van der Waals surface area contributed by atoms with Gasteiger partial charge in [0.25, 0.3) is 5.91 Å². The van der Waals surface area contributed by atoms with Crippen molar-refractivity contribution in [3.8, 4) is 11.8 Å². The molecule has 1 amide bonds. The number of nitriles is 1. The number of aromatic nitrogens is 1. The molecule has 0 fully saturated rings.